The second-order valence-corrected chi connectivity index (χ2v) is 10.1. The third-order valence-electron chi connectivity index (χ3n) is 6.35. The molecule has 0 radical (unpaired) electrons. The Bertz CT molecular complexity index is 906. The van der Waals surface area contributed by atoms with Crippen molar-refractivity contribution in [2.45, 2.75) is 52.6 Å². The average Bonchev–Trinajstić information content (AvgIpc) is 3.01. The van der Waals surface area contributed by atoms with E-state index in [1.807, 2.05) is 12.1 Å². The molecular weight excluding hydrogens is 399 g/mol. The minimum atomic E-state index is -0.362. The Morgan fingerprint density at radius 2 is 2.04 bits per heavy atom. The Kier molecular flexibility index (Phi) is 4.94. The van der Waals surface area contributed by atoms with Crippen molar-refractivity contribution >= 4 is 45.4 Å². The largest absolute Gasteiger partial charge is 0.353 e. The van der Waals surface area contributed by atoms with Gasteiger partial charge in [0.2, 0.25) is 0 Å². The summed E-state index contributed by atoms with van der Waals surface area (Å²) in [5.74, 6) is 0.645. The number of fused-ring (bicyclic) bond motifs is 3. The van der Waals surface area contributed by atoms with Crippen molar-refractivity contribution in [2.75, 3.05) is 5.32 Å². The zero-order valence-corrected chi connectivity index (χ0v) is 18.1. The van der Waals surface area contributed by atoms with Gasteiger partial charge in [-0.25, -0.2) is 0 Å². The Balaban J connectivity index is 1.66. The fraction of sp³-hybridized carbons (Fsp3) is 0.476. The summed E-state index contributed by atoms with van der Waals surface area (Å²) in [5.41, 5.74) is 3.19. The molecule has 2 aromatic rings. The van der Waals surface area contributed by atoms with Crippen LogP contribution in [0.1, 0.15) is 66.1 Å². The summed E-state index contributed by atoms with van der Waals surface area (Å²) in [6, 6.07) is 5.50. The van der Waals surface area contributed by atoms with E-state index in [2.05, 4.69) is 31.4 Å². The predicted octanol–water partition coefficient (Wildman–Crippen LogP) is 6.45. The topological polar surface area (TPSA) is 41.1 Å². The maximum Gasteiger partial charge on any atom is 0.256 e. The van der Waals surface area contributed by atoms with Crippen LogP contribution in [0.2, 0.25) is 10.0 Å². The third kappa shape index (κ3) is 3.26. The molecule has 0 spiro atoms. The van der Waals surface area contributed by atoms with Crippen LogP contribution < -0.4 is 10.6 Å². The number of benzene rings is 1. The third-order valence-corrected chi connectivity index (χ3v) is 8.37. The predicted molar refractivity (Wildman–Crippen MR) is 114 cm³/mol. The van der Waals surface area contributed by atoms with Crippen LogP contribution in [0, 0.1) is 11.3 Å². The molecule has 6 heteroatoms. The van der Waals surface area contributed by atoms with E-state index in [4.69, 9.17) is 23.2 Å². The van der Waals surface area contributed by atoms with Crippen LogP contribution in [0.3, 0.4) is 0 Å². The monoisotopic (exact) mass is 422 g/mol. The SMILES string of the molecule is CCC(C)(C)[C@@H]1CCc2c(sc3c2C(=O)N[C@@H](c2cccc(Cl)c2Cl)N3)C1. The van der Waals surface area contributed by atoms with Crippen LogP contribution in [0.4, 0.5) is 5.00 Å². The Morgan fingerprint density at radius 3 is 2.78 bits per heavy atom. The second-order valence-electron chi connectivity index (χ2n) is 8.18. The lowest BCUT2D eigenvalue weighted by Gasteiger charge is -2.36. The van der Waals surface area contributed by atoms with Crippen LogP contribution >= 0.6 is 34.5 Å². The molecule has 144 valence electrons. The molecule has 2 atom stereocenters. The molecular formula is C21H24Cl2N2OS. The molecule has 0 unspecified atom stereocenters. The smallest absolute Gasteiger partial charge is 0.256 e. The van der Waals surface area contributed by atoms with Gasteiger partial charge >= 0.3 is 0 Å². The quantitative estimate of drug-likeness (QED) is 0.596. The van der Waals surface area contributed by atoms with Crippen molar-refractivity contribution in [2.24, 2.45) is 11.3 Å². The number of hydrogen-bond acceptors (Lipinski definition) is 3. The van der Waals surface area contributed by atoms with E-state index in [1.54, 1.807) is 17.4 Å². The van der Waals surface area contributed by atoms with Crippen molar-refractivity contribution in [3.05, 3.63) is 49.8 Å². The minimum Gasteiger partial charge on any atom is -0.353 e. The van der Waals surface area contributed by atoms with Gasteiger partial charge in [0, 0.05) is 10.4 Å². The van der Waals surface area contributed by atoms with Gasteiger partial charge in [-0.3, -0.25) is 4.79 Å². The van der Waals surface area contributed by atoms with Gasteiger partial charge in [-0.2, -0.15) is 0 Å². The highest BCUT2D eigenvalue weighted by atomic mass is 35.5. The zero-order valence-electron chi connectivity index (χ0n) is 15.8. The van der Waals surface area contributed by atoms with Crippen LogP contribution in [-0.2, 0) is 12.8 Å². The van der Waals surface area contributed by atoms with Gasteiger partial charge in [0.15, 0.2) is 0 Å². The summed E-state index contributed by atoms with van der Waals surface area (Å²) in [5, 5.41) is 8.47. The summed E-state index contributed by atoms with van der Waals surface area (Å²) >= 11 is 14.3. The van der Waals surface area contributed by atoms with Crippen LogP contribution in [0.25, 0.3) is 0 Å². The number of carbonyl (C=O) groups is 1. The number of amides is 1. The molecule has 3 nitrogen and oxygen atoms in total. The first-order chi connectivity index (χ1) is 12.8. The highest BCUT2D eigenvalue weighted by molar-refractivity contribution is 7.16. The summed E-state index contributed by atoms with van der Waals surface area (Å²) in [7, 11) is 0. The van der Waals surface area contributed by atoms with Crippen LogP contribution in [-0.4, -0.2) is 5.91 Å². The average molecular weight is 423 g/mol. The number of thiophene rings is 1. The first-order valence-corrected chi connectivity index (χ1v) is 11.0. The normalized spacial score (nSPS) is 21.9. The molecule has 1 amide bonds. The highest BCUT2D eigenvalue weighted by Crippen LogP contribution is 2.47. The molecule has 27 heavy (non-hydrogen) atoms. The van der Waals surface area contributed by atoms with E-state index >= 15 is 0 Å². The van der Waals surface area contributed by atoms with E-state index in [9.17, 15) is 4.79 Å². The molecule has 0 saturated heterocycles. The maximum absolute atomic E-state index is 12.9. The highest BCUT2D eigenvalue weighted by Gasteiger charge is 2.37. The van der Waals surface area contributed by atoms with E-state index in [-0.39, 0.29) is 12.1 Å². The lowest BCUT2D eigenvalue weighted by atomic mass is 9.69. The van der Waals surface area contributed by atoms with Gasteiger partial charge in [0.05, 0.1) is 15.6 Å². The molecule has 0 fully saturated rings. The number of halogens is 2. The Hall–Kier alpha value is -1.23. The van der Waals surface area contributed by atoms with E-state index < -0.39 is 0 Å². The maximum atomic E-state index is 12.9. The second kappa shape index (κ2) is 6.98. The molecule has 1 aromatic heterocycles. The summed E-state index contributed by atoms with van der Waals surface area (Å²) in [4.78, 5) is 14.3. The lowest BCUT2D eigenvalue weighted by molar-refractivity contribution is 0.0934. The van der Waals surface area contributed by atoms with Gasteiger partial charge in [-0.15, -0.1) is 11.3 Å². The molecule has 4 rings (SSSR count). The van der Waals surface area contributed by atoms with Gasteiger partial charge in [0.25, 0.3) is 5.91 Å². The van der Waals surface area contributed by atoms with Gasteiger partial charge in [0.1, 0.15) is 11.2 Å². The summed E-state index contributed by atoms with van der Waals surface area (Å²) in [6.07, 6.45) is 4.00. The number of hydrogen-bond donors (Lipinski definition) is 2. The van der Waals surface area contributed by atoms with E-state index in [0.717, 1.165) is 35.4 Å². The minimum absolute atomic E-state index is 0.0181. The van der Waals surface area contributed by atoms with Crippen LogP contribution in [0.15, 0.2) is 18.2 Å². The van der Waals surface area contributed by atoms with Gasteiger partial charge in [-0.05, 0) is 42.2 Å². The Morgan fingerprint density at radius 1 is 1.26 bits per heavy atom. The van der Waals surface area contributed by atoms with Crippen LogP contribution in [0.5, 0.6) is 0 Å². The number of carbonyl (C=O) groups excluding carboxylic acids is 1. The molecule has 1 aliphatic heterocycles. The fourth-order valence-electron chi connectivity index (χ4n) is 4.15. The number of nitrogens with one attached hydrogen (secondary N) is 2. The first kappa shape index (κ1) is 19.1. The molecule has 2 aliphatic rings. The van der Waals surface area contributed by atoms with E-state index in [0.29, 0.717) is 21.4 Å². The van der Waals surface area contributed by atoms with Gasteiger partial charge in [-0.1, -0.05) is 62.5 Å². The van der Waals surface area contributed by atoms with E-state index in [1.165, 1.54) is 16.9 Å². The van der Waals surface area contributed by atoms with Crippen molar-refractivity contribution in [1.29, 1.82) is 0 Å². The molecule has 1 aliphatic carbocycles. The molecule has 0 saturated carbocycles. The summed E-state index contributed by atoms with van der Waals surface area (Å²) < 4.78 is 0. The first-order valence-electron chi connectivity index (χ1n) is 9.47. The van der Waals surface area contributed by atoms with Crippen molar-refractivity contribution < 1.29 is 4.79 Å². The Labute approximate surface area is 174 Å². The lowest BCUT2D eigenvalue weighted by Crippen LogP contribution is -2.38. The molecule has 2 heterocycles. The fourth-order valence-corrected chi connectivity index (χ4v) is 5.92. The zero-order chi connectivity index (χ0) is 19.3. The molecule has 2 N–H and O–H groups in total. The standard InChI is InChI=1S/C21H24Cl2N2OS/c1-4-21(2,3)11-8-9-12-15(10-11)27-20-16(12)19(26)24-18(25-20)13-6-5-7-14(22)17(13)23/h5-7,11,18,25H,4,8-10H2,1-3H3,(H,24,26)/t11-,18-/m1/s1. The number of rotatable bonds is 3. The summed E-state index contributed by atoms with van der Waals surface area (Å²) in [6.45, 7) is 6.99. The molecule has 1 aromatic carbocycles. The van der Waals surface area contributed by atoms with Crippen molar-refractivity contribution in [3.8, 4) is 0 Å². The van der Waals surface area contributed by atoms with Crippen molar-refractivity contribution in [3.63, 3.8) is 0 Å². The van der Waals surface area contributed by atoms with Crippen molar-refractivity contribution in [1.82, 2.24) is 5.32 Å². The van der Waals surface area contributed by atoms with Gasteiger partial charge < -0.3 is 10.6 Å². The number of anilines is 1. The molecule has 0 bridgehead atoms.